The van der Waals surface area contributed by atoms with E-state index < -0.39 is 98.8 Å². The second-order valence-corrected chi connectivity index (χ2v) is 6.06. The van der Waals surface area contributed by atoms with Gasteiger partial charge >= 0.3 is 0 Å². The lowest BCUT2D eigenvalue weighted by Crippen LogP contribution is -2.10. The Kier molecular flexibility index (Phi) is 7.19. The topological polar surface area (TPSA) is 74.6 Å². The number of benzene rings is 2. The highest BCUT2D eigenvalue weighted by Crippen LogP contribution is 2.28. The number of carbonyl (C=O) groups is 2. The first-order valence-corrected chi connectivity index (χ1v) is 8.11. The van der Waals surface area contributed by atoms with Crippen LogP contribution in [0, 0.1) is 58.2 Å². The molecule has 0 fully saturated rings. The van der Waals surface area contributed by atoms with E-state index in [1.54, 1.807) is 0 Å². The van der Waals surface area contributed by atoms with E-state index in [0.29, 0.717) is 0 Å². The molecule has 0 aliphatic heterocycles. The standard InChI is InChI=1S/C19H6F10O4/c20-10-8(11(21)15(25)18(28)14(10)24)6(32)2-4(30)1-5(31)3-7(33)9-12(22)16(26)19(29)17(27)13(9)23/h2-3,32-33H,1H2/b6-2-,7-3-. The van der Waals surface area contributed by atoms with E-state index in [2.05, 4.69) is 0 Å². The van der Waals surface area contributed by atoms with Crippen molar-refractivity contribution in [2.75, 3.05) is 0 Å². The molecule has 2 aromatic rings. The molecule has 2 rings (SSSR count). The molecule has 0 saturated heterocycles. The van der Waals surface area contributed by atoms with Crippen molar-refractivity contribution < 1.29 is 63.7 Å². The Morgan fingerprint density at radius 2 is 0.697 bits per heavy atom. The zero-order valence-electron chi connectivity index (χ0n) is 15.4. The van der Waals surface area contributed by atoms with E-state index in [0.717, 1.165) is 0 Å². The smallest absolute Gasteiger partial charge is 0.200 e. The average molecular weight is 488 g/mol. The van der Waals surface area contributed by atoms with E-state index in [9.17, 15) is 63.7 Å². The van der Waals surface area contributed by atoms with Gasteiger partial charge in [-0.3, -0.25) is 9.59 Å². The summed E-state index contributed by atoms with van der Waals surface area (Å²) in [7, 11) is 0. The number of aliphatic hydroxyl groups excluding tert-OH is 2. The first-order valence-electron chi connectivity index (χ1n) is 8.11. The molecule has 0 bridgehead atoms. The number of ketones is 2. The van der Waals surface area contributed by atoms with Crippen molar-refractivity contribution in [3.63, 3.8) is 0 Å². The van der Waals surface area contributed by atoms with Gasteiger partial charge in [-0.25, -0.2) is 43.9 Å². The summed E-state index contributed by atoms with van der Waals surface area (Å²) in [6.45, 7) is 0. The summed E-state index contributed by atoms with van der Waals surface area (Å²) in [5.74, 6) is -31.7. The maximum absolute atomic E-state index is 13.6. The number of hydrogen-bond donors (Lipinski definition) is 2. The first-order chi connectivity index (χ1) is 15.2. The normalized spacial score (nSPS) is 12.3. The van der Waals surface area contributed by atoms with Gasteiger partial charge in [0.1, 0.15) is 11.5 Å². The highest BCUT2D eigenvalue weighted by molar-refractivity contribution is 6.11. The molecular weight excluding hydrogens is 482 g/mol. The van der Waals surface area contributed by atoms with Crippen molar-refractivity contribution in [3.05, 3.63) is 81.5 Å². The molecule has 33 heavy (non-hydrogen) atoms. The molecule has 0 unspecified atom stereocenters. The van der Waals surface area contributed by atoms with E-state index in [4.69, 9.17) is 0 Å². The Labute approximate surface area is 175 Å². The van der Waals surface area contributed by atoms with Crippen LogP contribution in [-0.2, 0) is 9.59 Å². The molecule has 0 aliphatic rings. The van der Waals surface area contributed by atoms with Gasteiger partial charge in [0.2, 0.25) is 11.6 Å². The van der Waals surface area contributed by atoms with E-state index in [1.807, 2.05) is 0 Å². The predicted octanol–water partition coefficient (Wildman–Crippen LogP) is 5.10. The Hall–Kier alpha value is -3.84. The zero-order valence-corrected chi connectivity index (χ0v) is 15.4. The summed E-state index contributed by atoms with van der Waals surface area (Å²) in [4.78, 5) is 23.4. The number of rotatable bonds is 6. The van der Waals surface area contributed by atoms with Gasteiger partial charge in [0.25, 0.3) is 0 Å². The maximum atomic E-state index is 13.6. The molecule has 2 N–H and O–H groups in total. The molecule has 0 heterocycles. The van der Waals surface area contributed by atoms with Gasteiger partial charge in [-0.05, 0) is 0 Å². The molecule has 4 nitrogen and oxygen atoms in total. The third-order valence-electron chi connectivity index (χ3n) is 3.88. The molecule has 0 spiro atoms. The van der Waals surface area contributed by atoms with Crippen LogP contribution in [0.1, 0.15) is 17.5 Å². The molecule has 14 heteroatoms. The van der Waals surface area contributed by atoms with Gasteiger partial charge in [0, 0.05) is 12.2 Å². The minimum absolute atomic E-state index is 0.139. The van der Waals surface area contributed by atoms with E-state index >= 15 is 0 Å². The predicted molar refractivity (Wildman–Crippen MR) is 88.3 cm³/mol. The zero-order chi connectivity index (χ0) is 25.4. The second kappa shape index (κ2) is 9.34. The Bertz CT molecular complexity index is 1100. The third kappa shape index (κ3) is 4.68. The molecular formula is C19H6F10O4. The van der Waals surface area contributed by atoms with Crippen molar-refractivity contribution in [1.29, 1.82) is 0 Å². The summed E-state index contributed by atoms with van der Waals surface area (Å²) in [6, 6.07) is 0. The summed E-state index contributed by atoms with van der Waals surface area (Å²) in [6.07, 6.45) is -1.72. The van der Waals surface area contributed by atoms with Crippen LogP contribution in [0.25, 0.3) is 11.5 Å². The summed E-state index contributed by atoms with van der Waals surface area (Å²) >= 11 is 0. The number of carbonyl (C=O) groups excluding carboxylic acids is 2. The van der Waals surface area contributed by atoms with Crippen molar-refractivity contribution >= 4 is 23.1 Å². The quantitative estimate of drug-likeness (QED) is 0.148. The van der Waals surface area contributed by atoms with Crippen LogP contribution in [0.5, 0.6) is 0 Å². The van der Waals surface area contributed by atoms with Crippen molar-refractivity contribution in [1.82, 2.24) is 0 Å². The molecule has 0 atom stereocenters. The maximum Gasteiger partial charge on any atom is 0.200 e. The summed E-state index contributed by atoms with van der Waals surface area (Å²) < 4.78 is 133. The highest BCUT2D eigenvalue weighted by atomic mass is 19.2. The number of allylic oxidation sites excluding steroid dienone is 2. The van der Waals surface area contributed by atoms with Gasteiger partial charge in [-0.1, -0.05) is 0 Å². The SMILES string of the molecule is O=C(/C=C(\O)c1c(F)c(F)c(F)c(F)c1F)CC(=O)/C=C(\O)c1c(F)c(F)c(F)c(F)c1F. The summed E-state index contributed by atoms with van der Waals surface area (Å²) in [5, 5.41) is 19.1. The van der Waals surface area contributed by atoms with Crippen LogP contribution in [0.4, 0.5) is 43.9 Å². The minimum atomic E-state index is -2.56. The van der Waals surface area contributed by atoms with Crippen LogP contribution in [0.3, 0.4) is 0 Å². The lowest BCUT2D eigenvalue weighted by atomic mass is 10.1. The van der Waals surface area contributed by atoms with Crippen molar-refractivity contribution in [3.8, 4) is 0 Å². The third-order valence-corrected chi connectivity index (χ3v) is 3.88. The van der Waals surface area contributed by atoms with Crippen molar-refractivity contribution in [2.45, 2.75) is 6.42 Å². The fourth-order valence-corrected chi connectivity index (χ4v) is 2.38. The van der Waals surface area contributed by atoms with Crippen LogP contribution in [-0.4, -0.2) is 21.8 Å². The largest absolute Gasteiger partial charge is 0.507 e. The molecule has 0 radical (unpaired) electrons. The molecule has 176 valence electrons. The van der Waals surface area contributed by atoms with Crippen LogP contribution in [0.15, 0.2) is 12.2 Å². The Morgan fingerprint density at radius 3 is 0.939 bits per heavy atom. The summed E-state index contributed by atoms with van der Waals surface area (Å²) in [5.41, 5.74) is -3.82. The van der Waals surface area contributed by atoms with Gasteiger partial charge < -0.3 is 10.2 Å². The monoisotopic (exact) mass is 488 g/mol. The minimum Gasteiger partial charge on any atom is -0.507 e. The lowest BCUT2D eigenvalue weighted by Gasteiger charge is -2.08. The van der Waals surface area contributed by atoms with Crippen LogP contribution in [0.2, 0.25) is 0 Å². The number of hydrogen-bond acceptors (Lipinski definition) is 4. The van der Waals surface area contributed by atoms with Crippen LogP contribution >= 0.6 is 0 Å². The molecule has 0 saturated carbocycles. The van der Waals surface area contributed by atoms with Crippen molar-refractivity contribution in [2.24, 2.45) is 0 Å². The lowest BCUT2D eigenvalue weighted by molar-refractivity contribution is -0.121. The molecule has 0 aromatic heterocycles. The van der Waals surface area contributed by atoms with E-state index in [-0.39, 0.29) is 12.2 Å². The van der Waals surface area contributed by atoms with Gasteiger partial charge in [0.05, 0.1) is 17.5 Å². The average Bonchev–Trinajstić information content (AvgIpc) is 2.73. The fourth-order valence-electron chi connectivity index (χ4n) is 2.38. The Balaban J connectivity index is 2.34. The number of halogens is 10. The molecule has 0 aliphatic carbocycles. The molecule has 0 amide bonds. The molecule has 2 aromatic carbocycles. The fraction of sp³-hybridized carbons (Fsp3) is 0.0526. The van der Waals surface area contributed by atoms with Gasteiger partial charge in [-0.15, -0.1) is 0 Å². The van der Waals surface area contributed by atoms with Gasteiger partial charge in [-0.2, -0.15) is 0 Å². The highest BCUT2D eigenvalue weighted by Gasteiger charge is 2.29. The van der Waals surface area contributed by atoms with Crippen LogP contribution < -0.4 is 0 Å². The van der Waals surface area contributed by atoms with E-state index in [1.165, 1.54) is 0 Å². The second-order valence-electron chi connectivity index (χ2n) is 6.06. The Morgan fingerprint density at radius 1 is 0.485 bits per heavy atom. The first kappa shape index (κ1) is 25.4. The van der Waals surface area contributed by atoms with Gasteiger partial charge in [0.15, 0.2) is 58.1 Å². The number of aliphatic hydroxyl groups is 2.